The number of aromatic nitrogens is 1. The third-order valence-electron chi connectivity index (χ3n) is 3.09. The highest BCUT2D eigenvalue weighted by Gasteiger charge is 2.07. The average Bonchev–Trinajstić information content (AvgIpc) is 2.75. The molecule has 0 aliphatic rings. The van der Waals surface area contributed by atoms with Crippen LogP contribution >= 0.6 is 0 Å². The van der Waals surface area contributed by atoms with Crippen molar-refractivity contribution in [2.45, 2.75) is 39.9 Å². The first-order valence-electron chi connectivity index (χ1n) is 6.44. The number of rotatable bonds is 5. The molecule has 2 aromatic rings. The van der Waals surface area contributed by atoms with Crippen LogP contribution in [0.1, 0.15) is 42.4 Å². The molecule has 102 valence electrons. The minimum absolute atomic E-state index is 0.310. The summed E-state index contributed by atoms with van der Waals surface area (Å²) in [6, 6.07) is 7.43. The van der Waals surface area contributed by atoms with Gasteiger partial charge in [-0.3, -0.25) is 0 Å². The van der Waals surface area contributed by atoms with E-state index in [-0.39, 0.29) is 0 Å². The van der Waals surface area contributed by atoms with Gasteiger partial charge in [0.15, 0.2) is 6.61 Å². The molecule has 0 saturated heterocycles. The van der Waals surface area contributed by atoms with Crippen LogP contribution < -0.4 is 4.74 Å². The third kappa shape index (κ3) is 3.35. The van der Waals surface area contributed by atoms with Gasteiger partial charge in [-0.15, -0.1) is 0 Å². The molecule has 0 bridgehead atoms. The maximum absolute atomic E-state index is 9.70. The molecule has 19 heavy (non-hydrogen) atoms. The van der Waals surface area contributed by atoms with Crippen LogP contribution in [0.2, 0.25) is 0 Å². The number of aliphatic hydroxyl groups excluding tert-OH is 1. The second-order valence-corrected chi connectivity index (χ2v) is 4.53. The maximum atomic E-state index is 9.70. The van der Waals surface area contributed by atoms with Crippen molar-refractivity contribution in [3.63, 3.8) is 0 Å². The predicted octanol–water partition coefficient (Wildman–Crippen LogP) is 3.31. The van der Waals surface area contributed by atoms with Gasteiger partial charge in [-0.1, -0.05) is 19.1 Å². The van der Waals surface area contributed by atoms with E-state index in [0.29, 0.717) is 18.9 Å². The molecular weight excluding hydrogens is 242 g/mol. The van der Waals surface area contributed by atoms with Gasteiger partial charge in [0.05, 0.1) is 11.8 Å². The van der Waals surface area contributed by atoms with Crippen LogP contribution in [0.15, 0.2) is 28.7 Å². The zero-order valence-electron chi connectivity index (χ0n) is 11.5. The lowest BCUT2D eigenvalue weighted by Gasteiger charge is -2.09. The molecule has 1 aromatic heterocycles. The highest BCUT2D eigenvalue weighted by Crippen LogP contribution is 2.20. The van der Waals surface area contributed by atoms with E-state index in [1.54, 1.807) is 0 Å². The highest BCUT2D eigenvalue weighted by atomic mass is 16.5. The largest absolute Gasteiger partial charge is 0.484 e. The van der Waals surface area contributed by atoms with Crippen molar-refractivity contribution in [1.29, 1.82) is 0 Å². The molecule has 0 amide bonds. The Morgan fingerprint density at radius 1 is 1.26 bits per heavy atom. The Kier molecular flexibility index (Phi) is 4.22. The van der Waals surface area contributed by atoms with Crippen molar-refractivity contribution in [2.75, 3.05) is 0 Å². The second kappa shape index (κ2) is 5.89. The average molecular weight is 261 g/mol. The Balaban J connectivity index is 1.96. The molecule has 1 aromatic carbocycles. The summed E-state index contributed by atoms with van der Waals surface area (Å²) in [6.07, 6.45) is 0.292. The lowest BCUT2D eigenvalue weighted by atomic mass is 10.1. The second-order valence-electron chi connectivity index (χ2n) is 4.53. The van der Waals surface area contributed by atoms with E-state index >= 15 is 0 Å². The Morgan fingerprint density at radius 2 is 1.95 bits per heavy atom. The molecule has 0 radical (unpaired) electrons. The van der Waals surface area contributed by atoms with Gasteiger partial charge in [0.1, 0.15) is 11.5 Å². The fraction of sp³-hybridized carbons (Fsp3) is 0.400. The quantitative estimate of drug-likeness (QED) is 0.897. The standard InChI is InChI=1S/C15H19NO3/c1-4-14(17)12-5-7-13(8-6-12)18-9-15-16-10(2)11(3)19-15/h5-8,14,17H,4,9H2,1-3H3. The first kappa shape index (κ1) is 13.6. The van der Waals surface area contributed by atoms with Gasteiger partial charge in [0, 0.05) is 0 Å². The zero-order chi connectivity index (χ0) is 13.8. The monoisotopic (exact) mass is 261 g/mol. The minimum Gasteiger partial charge on any atom is -0.484 e. The van der Waals surface area contributed by atoms with Crippen LogP contribution in [0, 0.1) is 13.8 Å². The highest BCUT2D eigenvalue weighted by molar-refractivity contribution is 5.28. The van der Waals surface area contributed by atoms with Crippen LogP contribution in [-0.2, 0) is 6.61 Å². The Morgan fingerprint density at radius 3 is 2.47 bits per heavy atom. The number of benzene rings is 1. The fourth-order valence-electron chi connectivity index (χ4n) is 1.77. The van der Waals surface area contributed by atoms with Crippen LogP contribution in [-0.4, -0.2) is 10.1 Å². The summed E-state index contributed by atoms with van der Waals surface area (Å²) in [5, 5.41) is 9.70. The molecule has 0 saturated carbocycles. The molecule has 2 rings (SSSR count). The first-order chi connectivity index (χ1) is 9.10. The van der Waals surface area contributed by atoms with Gasteiger partial charge in [0.2, 0.25) is 5.89 Å². The smallest absolute Gasteiger partial charge is 0.232 e. The van der Waals surface area contributed by atoms with Crippen molar-refractivity contribution in [1.82, 2.24) is 4.98 Å². The molecule has 0 spiro atoms. The number of hydrogen-bond acceptors (Lipinski definition) is 4. The van der Waals surface area contributed by atoms with Crippen LogP contribution in [0.3, 0.4) is 0 Å². The van der Waals surface area contributed by atoms with Crippen molar-refractivity contribution in [2.24, 2.45) is 0 Å². The van der Waals surface area contributed by atoms with E-state index in [1.165, 1.54) is 0 Å². The van der Waals surface area contributed by atoms with Gasteiger partial charge in [-0.2, -0.15) is 0 Å². The number of aliphatic hydroxyl groups is 1. The summed E-state index contributed by atoms with van der Waals surface area (Å²) in [4.78, 5) is 4.25. The summed E-state index contributed by atoms with van der Waals surface area (Å²) in [7, 11) is 0. The fourth-order valence-corrected chi connectivity index (χ4v) is 1.77. The van der Waals surface area contributed by atoms with Crippen LogP contribution in [0.4, 0.5) is 0 Å². The van der Waals surface area contributed by atoms with Crippen LogP contribution in [0.5, 0.6) is 5.75 Å². The Hall–Kier alpha value is -1.81. The molecule has 0 aliphatic heterocycles. The van der Waals surface area contributed by atoms with Crippen molar-refractivity contribution >= 4 is 0 Å². The normalized spacial score (nSPS) is 12.4. The zero-order valence-corrected chi connectivity index (χ0v) is 11.5. The van der Waals surface area contributed by atoms with E-state index in [4.69, 9.17) is 9.15 Å². The predicted molar refractivity (Wildman–Crippen MR) is 72.0 cm³/mol. The number of nitrogens with zero attached hydrogens (tertiary/aromatic N) is 1. The molecule has 4 nitrogen and oxygen atoms in total. The maximum Gasteiger partial charge on any atom is 0.232 e. The topological polar surface area (TPSA) is 55.5 Å². The van der Waals surface area contributed by atoms with Crippen molar-refractivity contribution < 1.29 is 14.3 Å². The van der Waals surface area contributed by atoms with Gasteiger partial charge in [0.25, 0.3) is 0 Å². The molecule has 0 fully saturated rings. The molecular formula is C15H19NO3. The number of aryl methyl sites for hydroxylation is 2. The van der Waals surface area contributed by atoms with Gasteiger partial charge >= 0.3 is 0 Å². The van der Waals surface area contributed by atoms with Gasteiger partial charge in [-0.05, 0) is 38.0 Å². The SMILES string of the molecule is CCC(O)c1ccc(OCc2nc(C)c(C)o2)cc1. The molecule has 1 unspecified atom stereocenters. The molecule has 1 atom stereocenters. The lowest BCUT2D eigenvalue weighted by Crippen LogP contribution is -1.97. The number of ether oxygens (including phenoxy) is 1. The van der Waals surface area contributed by atoms with E-state index in [1.807, 2.05) is 45.0 Å². The minimum atomic E-state index is -0.411. The summed E-state index contributed by atoms with van der Waals surface area (Å²) in [6.45, 7) is 6.04. The van der Waals surface area contributed by atoms with Crippen molar-refractivity contribution in [3.8, 4) is 5.75 Å². The summed E-state index contributed by atoms with van der Waals surface area (Å²) < 4.78 is 11.0. The molecule has 1 heterocycles. The summed E-state index contributed by atoms with van der Waals surface area (Å²) in [5.41, 5.74) is 1.79. The van der Waals surface area contributed by atoms with E-state index < -0.39 is 6.10 Å². The number of hydrogen-bond donors (Lipinski definition) is 1. The molecule has 0 aliphatic carbocycles. The van der Waals surface area contributed by atoms with E-state index in [2.05, 4.69) is 4.98 Å². The van der Waals surface area contributed by atoms with Gasteiger partial charge < -0.3 is 14.3 Å². The Labute approximate surface area is 113 Å². The first-order valence-corrected chi connectivity index (χ1v) is 6.44. The van der Waals surface area contributed by atoms with Crippen LogP contribution in [0.25, 0.3) is 0 Å². The van der Waals surface area contributed by atoms with Crippen molar-refractivity contribution in [3.05, 3.63) is 47.2 Å². The lowest BCUT2D eigenvalue weighted by molar-refractivity contribution is 0.173. The summed E-state index contributed by atoms with van der Waals surface area (Å²) in [5.74, 6) is 2.13. The van der Waals surface area contributed by atoms with E-state index in [9.17, 15) is 5.11 Å². The van der Waals surface area contributed by atoms with Gasteiger partial charge in [-0.25, -0.2) is 4.98 Å². The molecule has 4 heteroatoms. The molecule has 1 N–H and O–H groups in total. The number of oxazole rings is 1. The summed E-state index contributed by atoms with van der Waals surface area (Å²) >= 11 is 0. The Bertz CT molecular complexity index is 511. The third-order valence-corrected chi connectivity index (χ3v) is 3.09. The van der Waals surface area contributed by atoms with E-state index in [0.717, 1.165) is 22.8 Å².